The highest BCUT2D eigenvalue weighted by atomic mass is 32.1. The third-order valence-corrected chi connectivity index (χ3v) is 3.55. The minimum Gasteiger partial charge on any atom is -0.246 e. The molecule has 0 spiro atoms. The first-order valence-corrected chi connectivity index (χ1v) is 5.36. The van der Waals surface area contributed by atoms with E-state index in [1.807, 2.05) is 11.3 Å². The van der Waals surface area contributed by atoms with Crippen molar-refractivity contribution in [2.24, 2.45) is 0 Å². The lowest BCUT2D eigenvalue weighted by molar-refractivity contribution is 0.837. The molecule has 0 fully saturated rings. The van der Waals surface area contributed by atoms with E-state index in [-0.39, 0.29) is 0 Å². The van der Waals surface area contributed by atoms with Crippen LogP contribution in [0.1, 0.15) is 27.9 Å². The molecule has 1 nitrogen and oxygen atoms in total. The lowest BCUT2D eigenvalue weighted by Gasteiger charge is -2.08. The number of nitrogens with zero attached hydrogens (tertiary/aromatic N) is 1. The highest BCUT2D eigenvalue weighted by molar-refractivity contribution is 7.11. The molecule has 1 aromatic heterocycles. The zero-order valence-corrected chi connectivity index (χ0v) is 8.77. The van der Waals surface area contributed by atoms with Crippen molar-refractivity contribution < 1.29 is 0 Å². The average Bonchev–Trinajstić information content (AvgIpc) is 2.49. The van der Waals surface area contributed by atoms with Crippen molar-refractivity contribution >= 4 is 11.3 Å². The molecule has 0 amide bonds. The summed E-state index contributed by atoms with van der Waals surface area (Å²) in [5, 5.41) is 1.26. The van der Waals surface area contributed by atoms with Crippen LogP contribution in [0.25, 0.3) is 0 Å². The maximum Gasteiger partial charge on any atom is 0.100 e. The van der Waals surface area contributed by atoms with Gasteiger partial charge in [0.15, 0.2) is 0 Å². The van der Waals surface area contributed by atoms with Crippen molar-refractivity contribution in [1.82, 2.24) is 4.98 Å². The molecule has 1 heterocycles. The van der Waals surface area contributed by atoms with Gasteiger partial charge in [0.05, 0.1) is 5.69 Å². The molecule has 1 atom stereocenters. The van der Waals surface area contributed by atoms with Crippen molar-refractivity contribution in [3.63, 3.8) is 0 Å². The Labute approximate surface area is 82.8 Å². The molecule has 1 unspecified atom stereocenters. The van der Waals surface area contributed by atoms with Crippen LogP contribution in [0.15, 0.2) is 24.3 Å². The Morgan fingerprint density at radius 1 is 1.38 bits per heavy atom. The Morgan fingerprint density at radius 2 is 2.23 bits per heavy atom. The standard InChI is InChI=1S/C11H13NS/c1-8-9(2)13-11(12-8)10-6-4-3-5-7-10/h3-6,10H,7H2,1-2H3. The molecule has 1 aliphatic rings. The minimum atomic E-state index is 0.516. The van der Waals surface area contributed by atoms with E-state index < -0.39 is 0 Å². The van der Waals surface area contributed by atoms with Crippen molar-refractivity contribution in [2.45, 2.75) is 26.2 Å². The van der Waals surface area contributed by atoms with Gasteiger partial charge in [0.1, 0.15) is 5.01 Å². The monoisotopic (exact) mass is 191 g/mol. The number of aromatic nitrogens is 1. The Balaban J connectivity index is 2.25. The smallest absolute Gasteiger partial charge is 0.100 e. The van der Waals surface area contributed by atoms with Gasteiger partial charge in [0.2, 0.25) is 0 Å². The fourth-order valence-electron chi connectivity index (χ4n) is 1.42. The number of hydrogen-bond donors (Lipinski definition) is 0. The highest BCUT2D eigenvalue weighted by Crippen LogP contribution is 2.29. The molecular formula is C11H13NS. The van der Waals surface area contributed by atoms with Crippen LogP contribution in [0.3, 0.4) is 0 Å². The molecule has 2 rings (SSSR count). The molecule has 0 N–H and O–H groups in total. The largest absolute Gasteiger partial charge is 0.246 e. The normalized spacial score (nSPS) is 20.9. The highest BCUT2D eigenvalue weighted by Gasteiger charge is 2.13. The van der Waals surface area contributed by atoms with Crippen LogP contribution in [0, 0.1) is 13.8 Å². The third kappa shape index (κ3) is 1.73. The number of allylic oxidation sites excluding steroid dienone is 4. The van der Waals surface area contributed by atoms with Crippen molar-refractivity contribution in [1.29, 1.82) is 0 Å². The van der Waals surface area contributed by atoms with E-state index in [1.54, 1.807) is 0 Å². The van der Waals surface area contributed by atoms with E-state index in [9.17, 15) is 0 Å². The first-order valence-electron chi connectivity index (χ1n) is 4.54. The maximum atomic E-state index is 4.57. The van der Waals surface area contributed by atoms with Gasteiger partial charge in [-0.3, -0.25) is 0 Å². The van der Waals surface area contributed by atoms with Gasteiger partial charge in [0, 0.05) is 10.8 Å². The van der Waals surface area contributed by atoms with E-state index in [4.69, 9.17) is 0 Å². The summed E-state index contributed by atoms with van der Waals surface area (Å²) in [5.41, 5.74) is 1.18. The molecule has 0 aliphatic heterocycles. The second-order valence-electron chi connectivity index (χ2n) is 3.35. The van der Waals surface area contributed by atoms with Crippen LogP contribution >= 0.6 is 11.3 Å². The van der Waals surface area contributed by atoms with Gasteiger partial charge in [0.25, 0.3) is 0 Å². The lowest BCUT2D eigenvalue weighted by atomic mass is 10.0. The van der Waals surface area contributed by atoms with Gasteiger partial charge in [-0.15, -0.1) is 11.3 Å². The second kappa shape index (κ2) is 3.46. The van der Waals surface area contributed by atoms with Crippen molar-refractivity contribution in [2.75, 3.05) is 0 Å². The number of aryl methyl sites for hydroxylation is 2. The van der Waals surface area contributed by atoms with Gasteiger partial charge >= 0.3 is 0 Å². The summed E-state index contributed by atoms with van der Waals surface area (Å²) in [6.07, 6.45) is 9.75. The maximum absolute atomic E-state index is 4.57. The molecule has 0 radical (unpaired) electrons. The van der Waals surface area contributed by atoms with E-state index in [1.165, 1.54) is 15.6 Å². The summed E-state index contributed by atoms with van der Waals surface area (Å²) >= 11 is 1.82. The van der Waals surface area contributed by atoms with E-state index >= 15 is 0 Å². The first kappa shape index (κ1) is 8.70. The molecule has 68 valence electrons. The van der Waals surface area contributed by atoms with Crippen LogP contribution in [-0.4, -0.2) is 4.98 Å². The molecule has 0 saturated heterocycles. The Bertz CT molecular complexity index is 341. The Morgan fingerprint density at radius 3 is 2.77 bits per heavy atom. The minimum absolute atomic E-state index is 0.516. The summed E-state index contributed by atoms with van der Waals surface area (Å²) in [6, 6.07) is 0. The van der Waals surface area contributed by atoms with Crippen molar-refractivity contribution in [3.8, 4) is 0 Å². The number of thiazole rings is 1. The summed E-state index contributed by atoms with van der Waals surface area (Å²) in [4.78, 5) is 5.91. The fraction of sp³-hybridized carbons (Fsp3) is 0.364. The third-order valence-electron chi connectivity index (χ3n) is 2.34. The van der Waals surface area contributed by atoms with Gasteiger partial charge in [-0.05, 0) is 20.3 Å². The molecule has 0 bridgehead atoms. The summed E-state index contributed by atoms with van der Waals surface area (Å²) < 4.78 is 0. The summed E-state index contributed by atoms with van der Waals surface area (Å²) in [6.45, 7) is 4.22. The van der Waals surface area contributed by atoms with Crippen LogP contribution in [0.2, 0.25) is 0 Å². The fourth-order valence-corrected chi connectivity index (χ4v) is 2.44. The molecular weight excluding hydrogens is 178 g/mol. The topological polar surface area (TPSA) is 12.9 Å². The van der Waals surface area contributed by atoms with Gasteiger partial charge < -0.3 is 0 Å². The zero-order valence-electron chi connectivity index (χ0n) is 7.95. The SMILES string of the molecule is Cc1nc(C2C=CC=CC2)sc1C. The predicted octanol–water partition coefficient (Wildman–Crippen LogP) is 3.36. The number of rotatable bonds is 1. The van der Waals surface area contributed by atoms with Crippen LogP contribution in [-0.2, 0) is 0 Å². The van der Waals surface area contributed by atoms with Crippen molar-refractivity contribution in [3.05, 3.63) is 39.9 Å². The van der Waals surface area contributed by atoms with Crippen LogP contribution in [0.5, 0.6) is 0 Å². The van der Waals surface area contributed by atoms with Gasteiger partial charge in [-0.2, -0.15) is 0 Å². The molecule has 0 saturated carbocycles. The molecule has 13 heavy (non-hydrogen) atoms. The molecule has 0 aromatic carbocycles. The average molecular weight is 191 g/mol. The number of hydrogen-bond acceptors (Lipinski definition) is 2. The van der Waals surface area contributed by atoms with Gasteiger partial charge in [-0.1, -0.05) is 24.3 Å². The zero-order chi connectivity index (χ0) is 9.26. The molecule has 1 aliphatic carbocycles. The molecule has 2 heteroatoms. The molecule has 1 aromatic rings. The lowest BCUT2D eigenvalue weighted by Crippen LogP contribution is -1.94. The summed E-state index contributed by atoms with van der Waals surface area (Å²) in [7, 11) is 0. The van der Waals surface area contributed by atoms with Crippen LogP contribution < -0.4 is 0 Å². The summed E-state index contributed by atoms with van der Waals surface area (Å²) in [5.74, 6) is 0.516. The van der Waals surface area contributed by atoms with Gasteiger partial charge in [-0.25, -0.2) is 4.98 Å². The Kier molecular flexibility index (Phi) is 2.32. The van der Waals surface area contributed by atoms with E-state index in [0.717, 1.165) is 6.42 Å². The first-order chi connectivity index (χ1) is 6.27. The predicted molar refractivity (Wildman–Crippen MR) is 57.2 cm³/mol. The van der Waals surface area contributed by atoms with Crippen LogP contribution in [0.4, 0.5) is 0 Å². The Hall–Kier alpha value is -0.890. The quantitative estimate of drug-likeness (QED) is 0.663. The van der Waals surface area contributed by atoms with E-state index in [0.29, 0.717) is 5.92 Å². The second-order valence-corrected chi connectivity index (χ2v) is 4.58. The van der Waals surface area contributed by atoms with E-state index in [2.05, 4.69) is 43.1 Å².